The fourth-order valence-corrected chi connectivity index (χ4v) is 3.18. The molecule has 20 heavy (non-hydrogen) atoms. The van der Waals surface area contributed by atoms with Crippen LogP contribution in [0.5, 0.6) is 0 Å². The molecule has 2 aliphatic rings. The third kappa shape index (κ3) is 2.93. The van der Waals surface area contributed by atoms with Crippen molar-refractivity contribution >= 4 is 5.91 Å². The van der Waals surface area contributed by atoms with Gasteiger partial charge in [-0.05, 0) is 43.4 Å². The maximum Gasteiger partial charge on any atom is 0.227 e. The zero-order valence-corrected chi connectivity index (χ0v) is 11.8. The fourth-order valence-electron chi connectivity index (χ4n) is 3.18. The maximum absolute atomic E-state index is 12.4. The Morgan fingerprint density at radius 3 is 3.05 bits per heavy atom. The Kier molecular flexibility index (Phi) is 4.16. The van der Waals surface area contributed by atoms with Crippen molar-refractivity contribution in [2.45, 2.75) is 31.6 Å². The highest BCUT2D eigenvalue weighted by Crippen LogP contribution is 2.31. The number of carbonyl (C=O) groups excluding carboxylic acids is 1. The van der Waals surface area contributed by atoms with E-state index in [-0.39, 0.29) is 11.8 Å². The number of fused-ring (bicyclic) bond motifs is 1. The minimum atomic E-state index is 0.0438. The Morgan fingerprint density at radius 2 is 2.20 bits per heavy atom. The van der Waals surface area contributed by atoms with E-state index >= 15 is 0 Å². The van der Waals surface area contributed by atoms with Crippen LogP contribution in [0, 0.1) is 0 Å². The number of benzene rings is 1. The number of hydrogen-bond donors (Lipinski definition) is 2. The second kappa shape index (κ2) is 6.23. The molecule has 3 rings (SSSR count). The first-order valence-corrected chi connectivity index (χ1v) is 7.59. The van der Waals surface area contributed by atoms with Crippen LogP contribution in [-0.4, -0.2) is 25.5 Å². The Labute approximate surface area is 120 Å². The van der Waals surface area contributed by atoms with Crippen molar-refractivity contribution < 1.29 is 4.79 Å². The number of nitrogens with one attached hydrogen (secondary N) is 2. The molecule has 1 unspecified atom stereocenters. The number of aryl methyl sites for hydroxylation is 1. The zero-order valence-electron chi connectivity index (χ0n) is 11.8. The van der Waals surface area contributed by atoms with E-state index in [0.717, 1.165) is 38.8 Å². The van der Waals surface area contributed by atoms with Crippen molar-refractivity contribution in [2.75, 3.05) is 19.6 Å². The summed E-state index contributed by atoms with van der Waals surface area (Å²) in [7, 11) is 0. The van der Waals surface area contributed by atoms with E-state index in [0.29, 0.717) is 6.54 Å². The molecule has 3 nitrogen and oxygen atoms in total. The van der Waals surface area contributed by atoms with Gasteiger partial charge in [-0.3, -0.25) is 4.79 Å². The number of amides is 1. The minimum absolute atomic E-state index is 0.0438. The van der Waals surface area contributed by atoms with E-state index in [4.69, 9.17) is 0 Å². The SMILES string of the molecule is O=C(NCC1=CCNCC1)C1CCCc2ccccc21. The molecular formula is C17H22N2O. The Balaban J connectivity index is 1.64. The molecule has 1 atom stereocenters. The predicted molar refractivity (Wildman–Crippen MR) is 80.7 cm³/mol. The summed E-state index contributed by atoms with van der Waals surface area (Å²) in [5.41, 5.74) is 3.93. The topological polar surface area (TPSA) is 41.1 Å². The van der Waals surface area contributed by atoms with Crippen LogP contribution in [0.4, 0.5) is 0 Å². The fraction of sp³-hybridized carbons (Fsp3) is 0.471. The first-order chi connectivity index (χ1) is 9.84. The lowest BCUT2D eigenvalue weighted by atomic mass is 9.82. The van der Waals surface area contributed by atoms with E-state index in [9.17, 15) is 4.79 Å². The van der Waals surface area contributed by atoms with Crippen LogP contribution in [-0.2, 0) is 11.2 Å². The molecule has 2 N–H and O–H groups in total. The number of rotatable bonds is 3. The molecule has 1 amide bonds. The van der Waals surface area contributed by atoms with Gasteiger partial charge in [0.15, 0.2) is 0 Å². The molecule has 1 aliphatic carbocycles. The quantitative estimate of drug-likeness (QED) is 0.826. The second-order valence-corrected chi connectivity index (χ2v) is 5.68. The summed E-state index contributed by atoms with van der Waals surface area (Å²) in [6.07, 6.45) is 6.43. The Morgan fingerprint density at radius 1 is 1.30 bits per heavy atom. The van der Waals surface area contributed by atoms with Gasteiger partial charge in [0.2, 0.25) is 5.91 Å². The lowest BCUT2D eigenvalue weighted by Crippen LogP contribution is -2.34. The van der Waals surface area contributed by atoms with Crippen molar-refractivity contribution in [1.29, 1.82) is 0 Å². The van der Waals surface area contributed by atoms with Gasteiger partial charge in [-0.15, -0.1) is 0 Å². The molecule has 0 spiro atoms. The van der Waals surface area contributed by atoms with Gasteiger partial charge in [-0.2, -0.15) is 0 Å². The summed E-state index contributed by atoms with van der Waals surface area (Å²) in [5.74, 6) is 0.235. The molecule has 1 aromatic carbocycles. The van der Waals surface area contributed by atoms with Crippen LogP contribution in [0.15, 0.2) is 35.9 Å². The van der Waals surface area contributed by atoms with Crippen molar-refractivity contribution in [3.63, 3.8) is 0 Å². The molecule has 0 fully saturated rings. The van der Waals surface area contributed by atoms with E-state index in [2.05, 4.69) is 34.9 Å². The first-order valence-electron chi connectivity index (χ1n) is 7.59. The summed E-state index contributed by atoms with van der Waals surface area (Å²) >= 11 is 0. The summed E-state index contributed by atoms with van der Waals surface area (Å²) in [4.78, 5) is 12.4. The van der Waals surface area contributed by atoms with Gasteiger partial charge in [-0.1, -0.05) is 35.9 Å². The first kappa shape index (κ1) is 13.4. The Hall–Kier alpha value is -1.61. The van der Waals surface area contributed by atoms with Gasteiger partial charge in [0.05, 0.1) is 5.92 Å². The van der Waals surface area contributed by atoms with Gasteiger partial charge < -0.3 is 10.6 Å². The normalized spacial score (nSPS) is 21.8. The second-order valence-electron chi connectivity index (χ2n) is 5.68. The summed E-state index contributed by atoms with van der Waals surface area (Å²) in [6, 6.07) is 8.38. The van der Waals surface area contributed by atoms with Crippen LogP contribution in [0.25, 0.3) is 0 Å². The molecule has 1 heterocycles. The van der Waals surface area contributed by atoms with Gasteiger partial charge in [0.25, 0.3) is 0 Å². The van der Waals surface area contributed by atoms with E-state index in [1.165, 1.54) is 16.7 Å². The van der Waals surface area contributed by atoms with Crippen molar-refractivity contribution in [2.24, 2.45) is 0 Å². The molecule has 0 radical (unpaired) electrons. The lowest BCUT2D eigenvalue weighted by molar-refractivity contribution is -0.122. The van der Waals surface area contributed by atoms with Crippen LogP contribution < -0.4 is 10.6 Å². The molecule has 1 aliphatic heterocycles. The van der Waals surface area contributed by atoms with Gasteiger partial charge in [-0.25, -0.2) is 0 Å². The molecular weight excluding hydrogens is 248 g/mol. The van der Waals surface area contributed by atoms with E-state index in [1.54, 1.807) is 0 Å². The third-order valence-corrected chi connectivity index (χ3v) is 4.33. The lowest BCUT2D eigenvalue weighted by Gasteiger charge is -2.25. The van der Waals surface area contributed by atoms with Gasteiger partial charge in [0, 0.05) is 13.1 Å². The average molecular weight is 270 g/mol. The van der Waals surface area contributed by atoms with Gasteiger partial charge in [0.1, 0.15) is 0 Å². The standard InChI is InChI=1S/C17H22N2O/c20-17(19-12-13-8-10-18-11-9-13)16-7-3-5-14-4-1-2-6-15(14)16/h1-2,4,6,8,16,18H,3,5,7,9-12H2,(H,19,20). The van der Waals surface area contributed by atoms with Crippen LogP contribution in [0.1, 0.15) is 36.3 Å². The highest BCUT2D eigenvalue weighted by molar-refractivity contribution is 5.84. The van der Waals surface area contributed by atoms with Crippen LogP contribution >= 0.6 is 0 Å². The molecule has 0 saturated heterocycles. The van der Waals surface area contributed by atoms with Crippen molar-refractivity contribution in [1.82, 2.24) is 10.6 Å². The molecule has 106 valence electrons. The largest absolute Gasteiger partial charge is 0.352 e. The van der Waals surface area contributed by atoms with E-state index in [1.807, 2.05) is 6.07 Å². The summed E-state index contributed by atoms with van der Waals surface area (Å²) in [5, 5.41) is 6.42. The van der Waals surface area contributed by atoms with Crippen LogP contribution in [0.3, 0.4) is 0 Å². The summed E-state index contributed by atoms with van der Waals surface area (Å²) in [6.45, 7) is 2.66. The highest BCUT2D eigenvalue weighted by Gasteiger charge is 2.25. The molecule has 0 saturated carbocycles. The van der Waals surface area contributed by atoms with E-state index < -0.39 is 0 Å². The van der Waals surface area contributed by atoms with Crippen molar-refractivity contribution in [3.8, 4) is 0 Å². The highest BCUT2D eigenvalue weighted by atomic mass is 16.1. The average Bonchev–Trinajstić information content (AvgIpc) is 2.53. The Bertz CT molecular complexity index is 521. The predicted octanol–water partition coefficient (Wildman–Crippen LogP) is 2.14. The van der Waals surface area contributed by atoms with Gasteiger partial charge >= 0.3 is 0 Å². The molecule has 0 aromatic heterocycles. The molecule has 1 aromatic rings. The zero-order chi connectivity index (χ0) is 13.8. The smallest absolute Gasteiger partial charge is 0.227 e. The number of hydrogen-bond acceptors (Lipinski definition) is 2. The monoisotopic (exact) mass is 270 g/mol. The maximum atomic E-state index is 12.4. The van der Waals surface area contributed by atoms with Crippen LogP contribution in [0.2, 0.25) is 0 Å². The summed E-state index contributed by atoms with van der Waals surface area (Å²) < 4.78 is 0. The third-order valence-electron chi connectivity index (χ3n) is 4.33. The molecule has 0 bridgehead atoms. The minimum Gasteiger partial charge on any atom is -0.352 e. The molecule has 3 heteroatoms. The van der Waals surface area contributed by atoms with Crippen molar-refractivity contribution in [3.05, 3.63) is 47.0 Å². The number of carbonyl (C=O) groups is 1.